The van der Waals surface area contributed by atoms with Crippen molar-refractivity contribution in [3.63, 3.8) is 0 Å². The van der Waals surface area contributed by atoms with Gasteiger partial charge in [-0.25, -0.2) is 4.79 Å². The summed E-state index contributed by atoms with van der Waals surface area (Å²) in [5, 5.41) is 39.2. The molecule has 3 aliphatic heterocycles. The van der Waals surface area contributed by atoms with Crippen molar-refractivity contribution in [1.29, 1.82) is 0 Å². The fraction of sp³-hybridized carbons (Fsp3) is 0.765. The molecule has 0 aliphatic carbocycles. The van der Waals surface area contributed by atoms with Gasteiger partial charge in [-0.15, -0.1) is 0 Å². The number of methoxy groups -OCH3 is 1. The van der Waals surface area contributed by atoms with Gasteiger partial charge in [0.05, 0.1) is 37.9 Å². The van der Waals surface area contributed by atoms with Gasteiger partial charge in [0, 0.05) is 5.92 Å². The Bertz CT molecular complexity index is 633. The van der Waals surface area contributed by atoms with Crippen LogP contribution in [0.4, 0.5) is 0 Å². The first-order valence-corrected chi connectivity index (χ1v) is 8.87. The Morgan fingerprint density at radius 2 is 1.93 bits per heavy atom. The Balaban J connectivity index is 1.82. The Morgan fingerprint density at radius 3 is 2.57 bits per heavy atom. The molecular formula is C17H24O11. The van der Waals surface area contributed by atoms with Gasteiger partial charge in [-0.1, -0.05) is 0 Å². The zero-order chi connectivity index (χ0) is 20.6. The van der Waals surface area contributed by atoms with Crippen molar-refractivity contribution in [3.8, 4) is 0 Å². The van der Waals surface area contributed by atoms with Crippen LogP contribution in [0.5, 0.6) is 0 Å². The highest BCUT2D eigenvalue weighted by Gasteiger charge is 2.51. The van der Waals surface area contributed by atoms with Gasteiger partial charge in [0.15, 0.2) is 6.29 Å². The lowest BCUT2D eigenvalue weighted by Crippen LogP contribution is -2.61. The maximum Gasteiger partial charge on any atom is 0.337 e. The van der Waals surface area contributed by atoms with E-state index in [9.17, 15) is 30.0 Å². The van der Waals surface area contributed by atoms with Crippen molar-refractivity contribution in [2.45, 2.75) is 56.4 Å². The van der Waals surface area contributed by atoms with Gasteiger partial charge in [0.2, 0.25) is 6.29 Å². The lowest BCUT2D eigenvalue weighted by atomic mass is 9.77. The van der Waals surface area contributed by atoms with E-state index in [0.717, 1.165) is 6.26 Å². The highest BCUT2D eigenvalue weighted by molar-refractivity contribution is 5.90. The lowest BCUT2D eigenvalue weighted by Gasteiger charge is -2.45. The molecule has 2 fully saturated rings. The van der Waals surface area contributed by atoms with Crippen LogP contribution in [0.3, 0.4) is 0 Å². The monoisotopic (exact) mass is 404 g/mol. The molecule has 0 aromatic heterocycles. The summed E-state index contributed by atoms with van der Waals surface area (Å²) in [5.74, 6) is -2.36. The normalized spacial score (nSPS) is 43.3. The molecule has 3 aliphatic rings. The van der Waals surface area contributed by atoms with E-state index in [-0.39, 0.29) is 12.0 Å². The third kappa shape index (κ3) is 3.73. The van der Waals surface area contributed by atoms with Crippen LogP contribution in [0, 0.1) is 11.8 Å². The van der Waals surface area contributed by atoms with E-state index in [1.807, 2.05) is 0 Å². The molecule has 0 radical (unpaired) electrons. The average Bonchev–Trinajstić information content (AvgIpc) is 2.67. The van der Waals surface area contributed by atoms with Crippen LogP contribution in [-0.4, -0.2) is 89.2 Å². The molecule has 3 heterocycles. The van der Waals surface area contributed by atoms with Gasteiger partial charge in [-0.05, 0) is 6.92 Å². The maximum atomic E-state index is 12.0. The predicted molar refractivity (Wildman–Crippen MR) is 87.0 cm³/mol. The number of carbonyl (C=O) groups is 2. The minimum Gasteiger partial charge on any atom is -0.471 e. The highest BCUT2D eigenvalue weighted by atomic mass is 16.8. The largest absolute Gasteiger partial charge is 0.471 e. The second kappa shape index (κ2) is 8.31. The summed E-state index contributed by atoms with van der Waals surface area (Å²) < 4.78 is 26.5. The molecule has 0 spiro atoms. The van der Waals surface area contributed by atoms with Crippen LogP contribution in [0.15, 0.2) is 11.8 Å². The van der Waals surface area contributed by atoms with Gasteiger partial charge in [0.25, 0.3) is 0 Å². The van der Waals surface area contributed by atoms with Crippen LogP contribution in [-0.2, 0) is 33.3 Å². The Hall–Kier alpha value is -1.76. The lowest BCUT2D eigenvalue weighted by molar-refractivity contribution is -0.346. The van der Waals surface area contributed by atoms with E-state index in [0.29, 0.717) is 0 Å². The minimum absolute atomic E-state index is 0.0894. The smallest absolute Gasteiger partial charge is 0.337 e. The summed E-state index contributed by atoms with van der Waals surface area (Å²) in [6.45, 7) is 1.00. The van der Waals surface area contributed by atoms with Crippen molar-refractivity contribution < 1.29 is 53.7 Å². The standard InChI is InChI=1S/C17H24O11/c1-6-11-7(3-10(19)26-6)8(15(23)24-2)5-25-16(11)28-17-14(22)13(21)12(20)9(4-18)27-17/h5-7,9,11-14,16-18,20-22H,3-4H2,1-2H3/t6-,7+,9-,11-,12-,13+,14-,16+,17+/m1/s1. The molecule has 11 nitrogen and oxygen atoms in total. The van der Waals surface area contributed by atoms with Crippen molar-refractivity contribution >= 4 is 11.9 Å². The first kappa shape index (κ1) is 21.0. The molecular weight excluding hydrogens is 380 g/mol. The third-order valence-corrected chi connectivity index (χ3v) is 5.29. The number of ether oxygens (including phenoxy) is 5. The van der Waals surface area contributed by atoms with Crippen molar-refractivity contribution in [1.82, 2.24) is 0 Å². The summed E-state index contributed by atoms with van der Waals surface area (Å²) in [6.07, 6.45) is -8.08. The van der Waals surface area contributed by atoms with Gasteiger partial charge in [0.1, 0.15) is 30.5 Å². The third-order valence-electron chi connectivity index (χ3n) is 5.29. The molecule has 0 saturated carbocycles. The number of hydrogen-bond acceptors (Lipinski definition) is 11. The molecule has 2 saturated heterocycles. The molecule has 0 aromatic carbocycles. The second-order valence-electron chi connectivity index (χ2n) is 6.99. The van der Waals surface area contributed by atoms with Crippen LogP contribution >= 0.6 is 0 Å². The summed E-state index contributed by atoms with van der Waals surface area (Å²) >= 11 is 0. The molecule has 0 amide bonds. The van der Waals surface area contributed by atoms with E-state index in [2.05, 4.69) is 0 Å². The minimum atomic E-state index is -1.62. The van der Waals surface area contributed by atoms with E-state index >= 15 is 0 Å². The fourth-order valence-electron chi connectivity index (χ4n) is 3.78. The molecule has 0 aromatic rings. The van der Waals surface area contributed by atoms with Crippen molar-refractivity contribution in [2.75, 3.05) is 13.7 Å². The van der Waals surface area contributed by atoms with Gasteiger partial charge >= 0.3 is 11.9 Å². The number of fused-ring (bicyclic) bond motifs is 1. The number of rotatable bonds is 4. The number of aliphatic hydroxyl groups is 4. The summed E-state index contributed by atoms with van der Waals surface area (Å²) in [6, 6.07) is 0. The maximum absolute atomic E-state index is 12.0. The number of esters is 2. The van der Waals surface area contributed by atoms with Crippen molar-refractivity contribution in [3.05, 3.63) is 11.8 Å². The molecule has 4 N–H and O–H groups in total. The van der Waals surface area contributed by atoms with Crippen LogP contribution in [0.1, 0.15) is 13.3 Å². The Kier molecular flexibility index (Phi) is 6.22. The first-order valence-electron chi connectivity index (χ1n) is 8.87. The topological polar surface area (TPSA) is 161 Å². The van der Waals surface area contributed by atoms with Crippen LogP contribution in [0.2, 0.25) is 0 Å². The van der Waals surface area contributed by atoms with Gasteiger partial charge in [-0.2, -0.15) is 0 Å². The second-order valence-corrected chi connectivity index (χ2v) is 6.99. The summed E-state index contributed by atoms with van der Waals surface area (Å²) in [7, 11) is 1.21. The summed E-state index contributed by atoms with van der Waals surface area (Å²) in [4.78, 5) is 23.9. The molecule has 0 unspecified atom stereocenters. The van der Waals surface area contributed by atoms with E-state index in [1.165, 1.54) is 7.11 Å². The molecule has 0 bridgehead atoms. The Morgan fingerprint density at radius 1 is 1.21 bits per heavy atom. The zero-order valence-electron chi connectivity index (χ0n) is 15.3. The number of hydrogen-bond donors (Lipinski definition) is 4. The van der Waals surface area contributed by atoms with Crippen molar-refractivity contribution in [2.24, 2.45) is 11.8 Å². The molecule has 11 heteroatoms. The Labute approximate surface area is 160 Å². The quantitative estimate of drug-likeness (QED) is 0.376. The van der Waals surface area contributed by atoms with E-state index in [4.69, 9.17) is 23.7 Å². The molecule has 9 atom stereocenters. The fourth-order valence-corrected chi connectivity index (χ4v) is 3.78. The average molecular weight is 404 g/mol. The molecule has 3 rings (SSSR count). The number of carbonyl (C=O) groups excluding carboxylic acids is 2. The van der Waals surface area contributed by atoms with Gasteiger partial charge < -0.3 is 44.1 Å². The van der Waals surface area contributed by atoms with Crippen LogP contribution in [0.25, 0.3) is 0 Å². The molecule has 28 heavy (non-hydrogen) atoms. The SMILES string of the molecule is COC(=O)C1=CO[C@@H](O[C@@H]2O[C@H](CO)[C@@H](O)[C@H](O)[C@H]2O)[C@@H]2[C@@H](C)OC(=O)C[C@@H]12. The predicted octanol–water partition coefficient (Wildman–Crippen LogP) is -2.22. The highest BCUT2D eigenvalue weighted by Crippen LogP contribution is 2.41. The molecule has 158 valence electrons. The number of aliphatic hydroxyl groups excluding tert-OH is 4. The number of cyclic esters (lactones) is 1. The summed E-state index contributed by atoms with van der Waals surface area (Å²) in [5.41, 5.74) is 0.157. The van der Waals surface area contributed by atoms with Crippen LogP contribution < -0.4 is 0 Å². The van der Waals surface area contributed by atoms with E-state index < -0.39 is 73.5 Å². The zero-order valence-corrected chi connectivity index (χ0v) is 15.3. The van der Waals surface area contributed by atoms with E-state index in [1.54, 1.807) is 6.92 Å². The first-order chi connectivity index (χ1) is 13.3. The van der Waals surface area contributed by atoms with Gasteiger partial charge in [-0.3, -0.25) is 4.79 Å².